The van der Waals surface area contributed by atoms with Gasteiger partial charge >= 0.3 is 11.9 Å². The van der Waals surface area contributed by atoms with Gasteiger partial charge in [-0.15, -0.1) is 0 Å². The van der Waals surface area contributed by atoms with Gasteiger partial charge in [-0.05, 0) is 105 Å². The summed E-state index contributed by atoms with van der Waals surface area (Å²) in [5.41, 5.74) is 6.04. The van der Waals surface area contributed by atoms with E-state index in [1.165, 1.54) is 372 Å². The predicted molar refractivity (Wildman–Crippen MR) is 566 cm³/mol. The van der Waals surface area contributed by atoms with Gasteiger partial charge in [0.15, 0.2) is 17.3 Å². The van der Waals surface area contributed by atoms with Crippen LogP contribution in [-0.4, -0.2) is 58.5 Å². The number of esters is 2. The molecule has 6 aromatic carbocycles. The average molecular weight is 2150 g/mol. The molecule has 0 amide bonds. The summed E-state index contributed by atoms with van der Waals surface area (Å²) in [5.74, 6) is -2.03. The molecular formula is C116H171Br5N2O10. The van der Waals surface area contributed by atoms with Crippen molar-refractivity contribution in [1.29, 1.82) is 0 Å². The Bertz CT molecular complexity index is 4030. The molecule has 0 aromatic heterocycles. The van der Waals surface area contributed by atoms with Crippen LogP contribution in [0.5, 0.6) is 11.5 Å². The second-order valence-electron chi connectivity index (χ2n) is 38.6. The zero-order valence-corrected chi connectivity index (χ0v) is 90.5. The fraction of sp³-hybridized carbons (Fsp3) is 0.638. The number of aromatic hydroxyl groups is 2. The third-order valence-electron chi connectivity index (χ3n) is 27.5. The maximum Gasteiger partial charge on any atom is 0.308 e. The largest absolute Gasteiger partial charge is 1.00 e. The van der Waals surface area contributed by atoms with E-state index in [1.54, 1.807) is 60.7 Å². The van der Waals surface area contributed by atoms with Crippen molar-refractivity contribution in [2.75, 3.05) is 18.5 Å². The zero-order chi connectivity index (χ0) is 94.4. The van der Waals surface area contributed by atoms with E-state index in [-0.39, 0.29) is 116 Å². The van der Waals surface area contributed by atoms with Crippen molar-refractivity contribution in [3.63, 3.8) is 0 Å². The van der Waals surface area contributed by atoms with Crippen molar-refractivity contribution in [1.82, 2.24) is 0 Å². The van der Waals surface area contributed by atoms with Gasteiger partial charge in [-0.2, -0.15) is 0 Å². The minimum absolute atomic E-state index is 0. The Kier molecular flexibility index (Phi) is 63.1. The number of carbonyl (C=O) groups excluding carboxylic acids is 6. The first kappa shape index (κ1) is 116. The fourth-order valence-electron chi connectivity index (χ4n) is 19.3. The first-order valence-corrected chi connectivity index (χ1v) is 56.7. The number of halogens is 5. The van der Waals surface area contributed by atoms with Gasteiger partial charge in [0.25, 0.3) is 0 Å². The van der Waals surface area contributed by atoms with Crippen molar-refractivity contribution in [3.8, 4) is 11.5 Å². The molecule has 17 heteroatoms. The molecule has 12 nitrogen and oxygen atoms in total. The van der Waals surface area contributed by atoms with E-state index in [1.807, 2.05) is 29.6 Å². The first-order valence-electron chi connectivity index (χ1n) is 53.5. The number of ketones is 4. The molecule has 0 aliphatic heterocycles. The molecule has 2 aliphatic rings. The van der Waals surface area contributed by atoms with Crippen LogP contribution in [-0.2, 0) is 31.9 Å². The molecular weight excluding hydrogens is 1980 g/mol. The third kappa shape index (κ3) is 44.4. The van der Waals surface area contributed by atoms with E-state index in [9.17, 15) is 39.0 Å². The minimum atomic E-state index is -0.379. The van der Waals surface area contributed by atoms with Gasteiger partial charge in [0.2, 0.25) is 5.78 Å². The van der Waals surface area contributed by atoms with Gasteiger partial charge in [-0.3, -0.25) is 34.1 Å². The summed E-state index contributed by atoms with van der Waals surface area (Å²) in [6, 6.07) is 27.6. The van der Waals surface area contributed by atoms with Gasteiger partial charge in [-0.1, -0.05) is 493 Å². The van der Waals surface area contributed by atoms with E-state index < -0.39 is 0 Å². The van der Waals surface area contributed by atoms with E-state index in [4.69, 9.17) is 9.47 Å². The Labute approximate surface area is 849 Å². The number of anilines is 2. The van der Waals surface area contributed by atoms with Gasteiger partial charge in [0.05, 0.1) is 63.2 Å². The van der Waals surface area contributed by atoms with Gasteiger partial charge in [-0.25, -0.2) is 0 Å². The highest BCUT2D eigenvalue weighted by Gasteiger charge is 2.37. The lowest BCUT2D eigenvalue weighted by molar-refractivity contribution is -0.479. The summed E-state index contributed by atoms with van der Waals surface area (Å²) in [6.07, 6.45) is 84.6. The quantitative estimate of drug-likeness (QED) is 0.0123. The number of hydrogen-bond donors (Lipinski definition) is 4. The number of phenols is 2. The van der Waals surface area contributed by atoms with Crippen molar-refractivity contribution in [3.05, 3.63) is 171 Å². The van der Waals surface area contributed by atoms with Gasteiger partial charge in [0, 0.05) is 60.6 Å². The Morgan fingerprint density at radius 2 is 0.549 bits per heavy atom. The van der Waals surface area contributed by atoms with E-state index in [0.717, 1.165) is 86.1 Å². The summed E-state index contributed by atoms with van der Waals surface area (Å²) >= 11 is 14.8. The van der Waals surface area contributed by atoms with Crippen molar-refractivity contribution < 1.29 is 70.8 Å². The molecule has 8 rings (SSSR count). The highest BCUT2D eigenvalue weighted by atomic mass is 79.9. The van der Waals surface area contributed by atoms with E-state index >= 15 is 0 Å². The zero-order valence-electron chi connectivity index (χ0n) is 82.6. The molecule has 0 bridgehead atoms. The maximum atomic E-state index is 13.7. The monoisotopic (exact) mass is 2150 g/mol. The second-order valence-corrected chi connectivity index (χ2v) is 42.0. The smallest absolute Gasteiger partial charge is 0.308 e. The second kappa shape index (κ2) is 72.0. The first-order chi connectivity index (χ1) is 64.5. The number of ether oxygens (including phenoxy) is 2. The van der Waals surface area contributed by atoms with E-state index in [0.29, 0.717) is 46.6 Å². The van der Waals surface area contributed by atoms with Crippen LogP contribution >= 0.6 is 63.7 Å². The highest BCUT2D eigenvalue weighted by Crippen LogP contribution is 2.42. The average Bonchev–Trinajstić information content (AvgIpc) is 0.747. The lowest BCUT2D eigenvalue weighted by atomic mass is 9.82. The number of quaternary nitrogens is 1. The normalized spacial score (nSPS) is 12.5. The van der Waals surface area contributed by atoms with Crippen LogP contribution in [0.2, 0.25) is 0 Å². The molecule has 2 aliphatic carbocycles. The number of phenolic OH excluding ortho intramolecular Hbond substituents is 2. The molecule has 0 spiro atoms. The van der Waals surface area contributed by atoms with Crippen LogP contribution < -0.4 is 27.6 Å². The topological polar surface area (TPSA) is 190 Å². The maximum absolute atomic E-state index is 13.7. The molecule has 740 valence electrons. The Balaban J connectivity index is 0.000000406. The lowest BCUT2D eigenvalue weighted by Crippen LogP contribution is -3.00. The van der Waals surface area contributed by atoms with Crippen molar-refractivity contribution >= 4 is 122 Å². The third-order valence-corrected chi connectivity index (χ3v) is 30.4. The summed E-state index contributed by atoms with van der Waals surface area (Å²) in [4.78, 5) is 81.8. The predicted octanol–water partition coefficient (Wildman–Crippen LogP) is 33.1. The molecule has 2 atom stereocenters. The van der Waals surface area contributed by atoms with Crippen LogP contribution in [0.4, 0.5) is 22.7 Å². The van der Waals surface area contributed by atoms with Crippen LogP contribution in [0.1, 0.15) is 513 Å². The van der Waals surface area contributed by atoms with Crippen molar-refractivity contribution in [2.24, 2.45) is 11.8 Å². The number of nitrogens with two attached hydrogens (primary N) is 1. The van der Waals surface area contributed by atoms with Crippen molar-refractivity contribution in [2.45, 2.75) is 451 Å². The number of hydrogen-bond acceptors (Lipinski definition) is 11. The lowest BCUT2D eigenvalue weighted by Gasteiger charge is -2.22. The Hall–Kier alpha value is -5.30. The van der Waals surface area contributed by atoms with Gasteiger partial charge in [0.1, 0.15) is 22.9 Å². The fourth-order valence-corrected chi connectivity index (χ4v) is 21.9. The number of nitrogens with one attached hydrogen (secondary N) is 1. The molecule has 2 unspecified atom stereocenters. The number of benzene rings is 6. The molecule has 0 radical (unpaired) electrons. The molecule has 6 aromatic rings. The van der Waals surface area contributed by atoms with Crippen LogP contribution in [0.25, 0.3) is 0 Å². The Morgan fingerprint density at radius 1 is 0.293 bits per heavy atom. The molecule has 133 heavy (non-hydrogen) atoms. The summed E-state index contributed by atoms with van der Waals surface area (Å²) < 4.78 is 15.4. The highest BCUT2D eigenvalue weighted by molar-refractivity contribution is 9.11. The molecule has 0 fully saturated rings. The van der Waals surface area contributed by atoms with Crippen LogP contribution in [0.3, 0.4) is 0 Å². The van der Waals surface area contributed by atoms with Gasteiger partial charge < -0.3 is 42.0 Å². The SMILES string of the molecule is CCCCCCCCCCCCCCCCCCC(CCCCCCCCCCCCCCCC)C(=O)OCCc1cc(Nc2ccc(O)c3c2C(=O)c2ccccc2C3=O)c(Br)cc1Br.CCCCCCCCCCCCCCCCCCC(CCCCCCCCCCCCCCCC)C(=O)OCCc1cc([NH2+]c2ccc(O)c3c2C(=O)c2ccccc2C3=O)c(Br)cc1Br.[Br-]. The molecule has 0 saturated heterocycles. The summed E-state index contributed by atoms with van der Waals surface area (Å²) in [7, 11) is 0. The minimum Gasteiger partial charge on any atom is -1.00 e. The Morgan fingerprint density at radius 3 is 0.857 bits per heavy atom. The van der Waals surface area contributed by atoms with Crippen LogP contribution in [0.15, 0.2) is 115 Å². The number of carbonyl (C=O) groups is 6. The summed E-state index contributed by atoms with van der Waals surface area (Å²) in [6.45, 7) is 9.68. The van der Waals surface area contributed by atoms with Crippen LogP contribution in [0, 0.1) is 11.8 Å². The standard InChI is InChI=1S/2C58H85Br2NO5.BrH/c2*1-3-5-7-9-11-13-15-17-19-20-22-24-26-28-30-32-36-45(35-31-29-27-25-23-21-18-16-14-12-10-8-6-4-2)58(65)66-42-41-46-43-52(50(60)44-49(46)59)61-51-39-40-53(62)55-54(51)56(63)47-37-33-34-38-48(47)57(55)64;/h2*33-34,37-40,43-45,61-62H,3-32,35-36,41-42H2,1-2H3;1H. The number of rotatable bonds is 76. The van der Waals surface area contributed by atoms with E-state index in [2.05, 4.69) is 96.7 Å². The number of fused-ring (bicyclic) bond motifs is 4. The summed E-state index contributed by atoms with van der Waals surface area (Å²) in [5, 5.41) is 26.7. The number of unbranched alkanes of at least 4 members (excludes halogenated alkanes) is 56. The molecule has 0 saturated carbocycles. The molecule has 0 heterocycles. The molecule has 5 N–H and O–H groups in total.